The molecule has 1 heterocycles. The van der Waals surface area contributed by atoms with Crippen LogP contribution in [0.5, 0.6) is 0 Å². The monoisotopic (exact) mass is 226 g/mol. The van der Waals surface area contributed by atoms with E-state index in [-0.39, 0.29) is 18.6 Å². The van der Waals surface area contributed by atoms with Crippen LogP contribution >= 0.6 is 0 Å². The lowest BCUT2D eigenvalue weighted by molar-refractivity contribution is -0.123. The van der Waals surface area contributed by atoms with E-state index in [1.54, 1.807) is 0 Å². The largest absolute Gasteiger partial charge is 0.396 e. The average molecular weight is 226 g/mol. The first-order chi connectivity index (χ1) is 7.81. The fourth-order valence-corrected chi connectivity index (χ4v) is 2.89. The molecule has 16 heavy (non-hydrogen) atoms. The number of aliphatic hydroxyl groups excluding tert-OH is 1. The smallest absolute Gasteiger partial charge is 0.237 e. The molecule has 2 aliphatic rings. The minimum Gasteiger partial charge on any atom is -0.396 e. The number of carbonyl (C=O) groups excluding carboxylic acids is 1. The second-order valence-electron chi connectivity index (χ2n) is 5.03. The number of hydrogen-bond donors (Lipinski definition) is 3. The normalized spacial score (nSPS) is 34.2. The lowest BCUT2D eigenvalue weighted by Crippen LogP contribution is -2.42. The van der Waals surface area contributed by atoms with Crippen LogP contribution in [0.1, 0.15) is 32.1 Å². The van der Waals surface area contributed by atoms with Gasteiger partial charge in [0, 0.05) is 13.2 Å². The van der Waals surface area contributed by atoms with Gasteiger partial charge in [-0.25, -0.2) is 0 Å². The molecule has 1 aliphatic carbocycles. The van der Waals surface area contributed by atoms with Crippen LogP contribution in [0.3, 0.4) is 0 Å². The number of hydrogen-bond acceptors (Lipinski definition) is 3. The first-order valence-electron chi connectivity index (χ1n) is 6.43. The van der Waals surface area contributed by atoms with E-state index in [9.17, 15) is 9.90 Å². The molecular formula is C12H22N2O2. The molecule has 3 N–H and O–H groups in total. The van der Waals surface area contributed by atoms with Crippen LogP contribution in [-0.4, -0.2) is 36.8 Å². The van der Waals surface area contributed by atoms with E-state index < -0.39 is 0 Å². The lowest BCUT2D eigenvalue weighted by atomic mass is 9.97. The van der Waals surface area contributed by atoms with Gasteiger partial charge in [0.05, 0.1) is 6.04 Å². The third-order valence-corrected chi connectivity index (χ3v) is 3.97. The first kappa shape index (κ1) is 11.9. The lowest BCUT2D eigenvalue weighted by Gasteiger charge is -2.19. The summed E-state index contributed by atoms with van der Waals surface area (Å²) >= 11 is 0. The van der Waals surface area contributed by atoms with Crippen molar-refractivity contribution >= 4 is 5.91 Å². The van der Waals surface area contributed by atoms with Gasteiger partial charge in [0.15, 0.2) is 0 Å². The number of nitrogens with one attached hydrogen (secondary N) is 2. The van der Waals surface area contributed by atoms with Crippen molar-refractivity contribution in [2.24, 2.45) is 11.8 Å². The molecule has 4 heteroatoms. The standard InChI is InChI=1S/C12H22N2O2/c15-8-10-4-1-3-9(10)7-14-12(16)11-5-2-6-13-11/h9-11,13,15H,1-8H2,(H,14,16). The molecule has 2 rings (SSSR count). The molecule has 0 aromatic heterocycles. The summed E-state index contributed by atoms with van der Waals surface area (Å²) in [6.07, 6.45) is 5.50. The summed E-state index contributed by atoms with van der Waals surface area (Å²) in [5.41, 5.74) is 0. The Labute approximate surface area is 96.8 Å². The molecule has 0 aromatic rings. The van der Waals surface area contributed by atoms with Crippen LogP contribution in [0.2, 0.25) is 0 Å². The molecule has 0 radical (unpaired) electrons. The maximum absolute atomic E-state index is 11.8. The minimum atomic E-state index is 0.0222. The number of carbonyl (C=O) groups is 1. The quantitative estimate of drug-likeness (QED) is 0.644. The van der Waals surface area contributed by atoms with Gasteiger partial charge in [-0.3, -0.25) is 4.79 Å². The van der Waals surface area contributed by atoms with Gasteiger partial charge < -0.3 is 15.7 Å². The zero-order valence-corrected chi connectivity index (χ0v) is 9.74. The predicted octanol–water partition coefficient (Wildman–Crippen LogP) is 0.263. The molecule has 1 amide bonds. The van der Waals surface area contributed by atoms with E-state index in [0.717, 1.165) is 38.8 Å². The molecule has 1 aliphatic heterocycles. The van der Waals surface area contributed by atoms with Gasteiger partial charge in [-0.05, 0) is 44.1 Å². The van der Waals surface area contributed by atoms with E-state index in [0.29, 0.717) is 11.8 Å². The second-order valence-corrected chi connectivity index (χ2v) is 5.03. The third kappa shape index (κ3) is 2.74. The summed E-state index contributed by atoms with van der Waals surface area (Å²) in [4.78, 5) is 11.8. The summed E-state index contributed by atoms with van der Waals surface area (Å²) < 4.78 is 0. The Balaban J connectivity index is 1.71. The highest BCUT2D eigenvalue weighted by Crippen LogP contribution is 2.30. The molecule has 0 aromatic carbocycles. The molecule has 3 unspecified atom stereocenters. The molecule has 1 saturated carbocycles. The second kappa shape index (κ2) is 5.64. The van der Waals surface area contributed by atoms with Crippen molar-refractivity contribution in [2.45, 2.75) is 38.1 Å². The van der Waals surface area contributed by atoms with Crippen molar-refractivity contribution in [3.8, 4) is 0 Å². The maximum atomic E-state index is 11.8. The van der Waals surface area contributed by atoms with Crippen molar-refractivity contribution in [2.75, 3.05) is 19.7 Å². The Bertz CT molecular complexity index is 239. The SMILES string of the molecule is O=C(NCC1CCCC1CO)C1CCCN1. The summed E-state index contributed by atoms with van der Waals surface area (Å²) in [6.45, 7) is 1.96. The van der Waals surface area contributed by atoms with Crippen molar-refractivity contribution in [3.05, 3.63) is 0 Å². The highest BCUT2D eigenvalue weighted by molar-refractivity contribution is 5.81. The number of amides is 1. The summed E-state index contributed by atoms with van der Waals surface area (Å²) in [5, 5.41) is 15.4. The fourth-order valence-electron chi connectivity index (χ4n) is 2.89. The Morgan fingerprint density at radius 1 is 1.25 bits per heavy atom. The molecule has 3 atom stereocenters. The van der Waals surface area contributed by atoms with Gasteiger partial charge in [0.1, 0.15) is 0 Å². The van der Waals surface area contributed by atoms with Crippen molar-refractivity contribution in [3.63, 3.8) is 0 Å². The Hall–Kier alpha value is -0.610. The van der Waals surface area contributed by atoms with Crippen molar-refractivity contribution < 1.29 is 9.90 Å². The highest BCUT2D eigenvalue weighted by atomic mass is 16.3. The summed E-state index contributed by atoms with van der Waals surface area (Å²) in [7, 11) is 0. The zero-order valence-electron chi connectivity index (χ0n) is 9.74. The Morgan fingerprint density at radius 2 is 2.06 bits per heavy atom. The van der Waals surface area contributed by atoms with Gasteiger partial charge >= 0.3 is 0 Å². The summed E-state index contributed by atoms with van der Waals surface area (Å²) in [5.74, 6) is 1.02. The Kier molecular flexibility index (Phi) is 4.18. The average Bonchev–Trinajstić information content (AvgIpc) is 2.96. The highest BCUT2D eigenvalue weighted by Gasteiger charge is 2.28. The van der Waals surface area contributed by atoms with Gasteiger partial charge in [0.25, 0.3) is 0 Å². The molecule has 1 saturated heterocycles. The first-order valence-corrected chi connectivity index (χ1v) is 6.43. The molecule has 4 nitrogen and oxygen atoms in total. The van der Waals surface area contributed by atoms with Gasteiger partial charge in [0.2, 0.25) is 5.91 Å². The van der Waals surface area contributed by atoms with Gasteiger partial charge in [-0.2, -0.15) is 0 Å². The molecule has 0 spiro atoms. The zero-order chi connectivity index (χ0) is 11.4. The van der Waals surface area contributed by atoms with E-state index in [1.807, 2.05) is 0 Å². The molecule has 0 bridgehead atoms. The third-order valence-electron chi connectivity index (χ3n) is 3.97. The molecule has 2 fully saturated rings. The molecular weight excluding hydrogens is 204 g/mol. The fraction of sp³-hybridized carbons (Fsp3) is 0.917. The van der Waals surface area contributed by atoms with Crippen LogP contribution in [0.15, 0.2) is 0 Å². The van der Waals surface area contributed by atoms with E-state index >= 15 is 0 Å². The van der Waals surface area contributed by atoms with E-state index in [2.05, 4.69) is 10.6 Å². The Morgan fingerprint density at radius 3 is 2.75 bits per heavy atom. The topological polar surface area (TPSA) is 61.4 Å². The van der Waals surface area contributed by atoms with Gasteiger partial charge in [-0.15, -0.1) is 0 Å². The van der Waals surface area contributed by atoms with E-state index in [4.69, 9.17) is 0 Å². The van der Waals surface area contributed by atoms with Crippen LogP contribution in [0, 0.1) is 11.8 Å². The van der Waals surface area contributed by atoms with E-state index in [1.165, 1.54) is 6.42 Å². The number of rotatable bonds is 4. The van der Waals surface area contributed by atoms with Gasteiger partial charge in [-0.1, -0.05) is 6.42 Å². The van der Waals surface area contributed by atoms with Crippen molar-refractivity contribution in [1.29, 1.82) is 0 Å². The summed E-state index contributed by atoms with van der Waals surface area (Å²) in [6, 6.07) is 0.0222. The van der Waals surface area contributed by atoms with Crippen molar-refractivity contribution in [1.82, 2.24) is 10.6 Å². The van der Waals surface area contributed by atoms with Crippen LogP contribution in [-0.2, 0) is 4.79 Å². The molecule has 92 valence electrons. The minimum absolute atomic E-state index is 0.0222. The maximum Gasteiger partial charge on any atom is 0.237 e. The van der Waals surface area contributed by atoms with Crippen LogP contribution in [0.4, 0.5) is 0 Å². The predicted molar refractivity (Wildman–Crippen MR) is 62.0 cm³/mol. The van der Waals surface area contributed by atoms with Crippen LogP contribution in [0.25, 0.3) is 0 Å². The number of aliphatic hydroxyl groups is 1. The van der Waals surface area contributed by atoms with Crippen LogP contribution < -0.4 is 10.6 Å².